The van der Waals surface area contributed by atoms with Crippen LogP contribution >= 0.6 is 0 Å². The third-order valence-corrected chi connectivity index (χ3v) is 4.54. The number of hydrogen-bond acceptors (Lipinski definition) is 6. The molecule has 0 bridgehead atoms. The SMILES string of the molecule is CC(OC(=O)CNC(=O)c1cccc(F)c1)C(=O)Nc1ccc(S(N)(=O)=O)cc1. The maximum absolute atomic E-state index is 13.1. The number of amides is 2. The van der Waals surface area contributed by atoms with Crippen LogP contribution in [0.25, 0.3) is 0 Å². The molecular formula is C18H18FN3O6S. The molecule has 1 unspecified atom stereocenters. The molecule has 2 aromatic carbocycles. The quantitative estimate of drug-likeness (QED) is 0.561. The van der Waals surface area contributed by atoms with Gasteiger partial charge in [-0.25, -0.2) is 17.9 Å². The third-order valence-electron chi connectivity index (χ3n) is 3.61. The van der Waals surface area contributed by atoms with Crippen LogP contribution in [-0.2, 0) is 24.3 Å². The van der Waals surface area contributed by atoms with Crippen LogP contribution in [0.2, 0.25) is 0 Å². The first-order valence-electron chi connectivity index (χ1n) is 8.23. The highest BCUT2D eigenvalue weighted by atomic mass is 32.2. The Kier molecular flexibility index (Phi) is 7.02. The van der Waals surface area contributed by atoms with Crippen LogP contribution in [0.15, 0.2) is 53.4 Å². The predicted molar refractivity (Wildman–Crippen MR) is 101 cm³/mol. The van der Waals surface area contributed by atoms with Crippen molar-refractivity contribution in [1.82, 2.24) is 5.32 Å². The molecule has 0 spiro atoms. The number of halogens is 1. The van der Waals surface area contributed by atoms with E-state index in [2.05, 4.69) is 10.6 Å². The van der Waals surface area contributed by atoms with E-state index in [1.165, 1.54) is 49.4 Å². The Morgan fingerprint density at radius 2 is 1.79 bits per heavy atom. The van der Waals surface area contributed by atoms with Gasteiger partial charge in [0.05, 0.1) is 4.90 Å². The van der Waals surface area contributed by atoms with E-state index in [1.54, 1.807) is 0 Å². The Hall–Kier alpha value is -3.31. The topological polar surface area (TPSA) is 145 Å². The van der Waals surface area contributed by atoms with Crippen LogP contribution in [0.1, 0.15) is 17.3 Å². The lowest BCUT2D eigenvalue weighted by Gasteiger charge is -2.14. The minimum atomic E-state index is -3.85. The minimum Gasteiger partial charge on any atom is -0.451 e. The fourth-order valence-electron chi connectivity index (χ4n) is 2.15. The first kappa shape index (κ1) is 22.0. The summed E-state index contributed by atoms with van der Waals surface area (Å²) in [5, 5.41) is 9.69. The van der Waals surface area contributed by atoms with E-state index >= 15 is 0 Å². The number of esters is 1. The highest BCUT2D eigenvalue weighted by Crippen LogP contribution is 2.13. The fourth-order valence-corrected chi connectivity index (χ4v) is 2.66. The smallest absolute Gasteiger partial charge is 0.326 e. The molecule has 2 rings (SSSR count). The monoisotopic (exact) mass is 423 g/mol. The van der Waals surface area contributed by atoms with Crippen molar-refractivity contribution >= 4 is 33.5 Å². The summed E-state index contributed by atoms with van der Waals surface area (Å²) in [6, 6.07) is 9.99. The summed E-state index contributed by atoms with van der Waals surface area (Å²) >= 11 is 0. The van der Waals surface area contributed by atoms with Crippen LogP contribution in [0.5, 0.6) is 0 Å². The van der Waals surface area contributed by atoms with Gasteiger partial charge in [-0.3, -0.25) is 14.4 Å². The van der Waals surface area contributed by atoms with Gasteiger partial charge in [0.1, 0.15) is 12.4 Å². The third kappa shape index (κ3) is 6.66. The van der Waals surface area contributed by atoms with E-state index in [-0.39, 0.29) is 16.1 Å². The largest absolute Gasteiger partial charge is 0.451 e. The zero-order chi connectivity index (χ0) is 21.6. The maximum atomic E-state index is 13.1. The number of carbonyl (C=O) groups is 3. The average molecular weight is 423 g/mol. The highest BCUT2D eigenvalue weighted by Gasteiger charge is 2.19. The molecule has 2 amide bonds. The van der Waals surface area contributed by atoms with Crippen LogP contribution in [0, 0.1) is 5.82 Å². The molecule has 154 valence electrons. The molecule has 0 radical (unpaired) electrons. The normalized spacial score (nSPS) is 12.0. The van der Waals surface area contributed by atoms with E-state index in [1.807, 2.05) is 0 Å². The zero-order valence-electron chi connectivity index (χ0n) is 15.2. The second kappa shape index (κ2) is 9.26. The van der Waals surface area contributed by atoms with Crippen molar-refractivity contribution < 1.29 is 31.9 Å². The first-order valence-corrected chi connectivity index (χ1v) is 9.78. The van der Waals surface area contributed by atoms with Gasteiger partial charge in [-0.1, -0.05) is 6.07 Å². The van der Waals surface area contributed by atoms with Crippen molar-refractivity contribution in [2.24, 2.45) is 5.14 Å². The summed E-state index contributed by atoms with van der Waals surface area (Å²) in [5.74, 6) is -2.81. The number of primary sulfonamides is 1. The molecule has 0 aromatic heterocycles. The zero-order valence-corrected chi connectivity index (χ0v) is 16.0. The van der Waals surface area contributed by atoms with Crippen LogP contribution in [-0.4, -0.2) is 38.9 Å². The van der Waals surface area contributed by atoms with E-state index in [4.69, 9.17) is 9.88 Å². The molecule has 11 heteroatoms. The van der Waals surface area contributed by atoms with Gasteiger partial charge in [0, 0.05) is 11.3 Å². The number of ether oxygens (including phenoxy) is 1. The molecule has 2 aromatic rings. The molecule has 0 aliphatic carbocycles. The van der Waals surface area contributed by atoms with Gasteiger partial charge in [-0.05, 0) is 49.4 Å². The molecule has 29 heavy (non-hydrogen) atoms. The van der Waals surface area contributed by atoms with E-state index < -0.39 is 46.3 Å². The molecular weight excluding hydrogens is 405 g/mol. The Morgan fingerprint density at radius 3 is 2.38 bits per heavy atom. The van der Waals surface area contributed by atoms with Gasteiger partial charge >= 0.3 is 5.97 Å². The molecule has 0 saturated heterocycles. The predicted octanol–water partition coefficient (Wildman–Crippen LogP) is 0.773. The molecule has 1 atom stereocenters. The molecule has 0 aliphatic rings. The minimum absolute atomic E-state index is 0.0338. The van der Waals surface area contributed by atoms with Gasteiger partial charge < -0.3 is 15.4 Å². The summed E-state index contributed by atoms with van der Waals surface area (Å²) in [5.41, 5.74) is 0.302. The van der Waals surface area contributed by atoms with Crippen molar-refractivity contribution in [3.05, 3.63) is 59.9 Å². The van der Waals surface area contributed by atoms with Gasteiger partial charge in [0.25, 0.3) is 11.8 Å². The first-order chi connectivity index (χ1) is 13.6. The summed E-state index contributed by atoms with van der Waals surface area (Å²) < 4.78 is 40.4. The molecule has 9 nitrogen and oxygen atoms in total. The molecule has 0 saturated carbocycles. The van der Waals surface area contributed by atoms with Crippen LogP contribution in [0.3, 0.4) is 0 Å². The van der Waals surface area contributed by atoms with Crippen molar-refractivity contribution in [3.63, 3.8) is 0 Å². The number of anilines is 1. The van der Waals surface area contributed by atoms with E-state index in [9.17, 15) is 27.2 Å². The molecule has 0 aliphatic heterocycles. The standard InChI is InChI=1S/C18H18FN3O6S/c1-11(17(24)22-14-5-7-15(8-6-14)29(20,26)27)28-16(23)10-21-18(25)12-3-2-4-13(19)9-12/h2-9,11H,10H2,1H3,(H,21,25)(H,22,24)(H2,20,26,27). The van der Waals surface area contributed by atoms with Gasteiger partial charge in [0.15, 0.2) is 6.10 Å². The fraction of sp³-hybridized carbons (Fsp3) is 0.167. The Bertz CT molecular complexity index is 1020. The average Bonchev–Trinajstić information content (AvgIpc) is 2.65. The van der Waals surface area contributed by atoms with Gasteiger partial charge in [-0.15, -0.1) is 0 Å². The molecule has 0 heterocycles. The van der Waals surface area contributed by atoms with Gasteiger partial charge in [-0.2, -0.15) is 0 Å². The van der Waals surface area contributed by atoms with E-state index in [0.29, 0.717) is 0 Å². The number of carbonyl (C=O) groups excluding carboxylic acids is 3. The summed E-state index contributed by atoms with van der Waals surface area (Å²) in [6.45, 7) is 0.802. The number of rotatable bonds is 7. The summed E-state index contributed by atoms with van der Waals surface area (Å²) in [4.78, 5) is 35.6. The van der Waals surface area contributed by atoms with Gasteiger partial charge in [0.2, 0.25) is 10.0 Å². The Balaban J connectivity index is 1.84. The number of nitrogens with one attached hydrogen (secondary N) is 2. The highest BCUT2D eigenvalue weighted by molar-refractivity contribution is 7.89. The molecule has 0 fully saturated rings. The summed E-state index contributed by atoms with van der Waals surface area (Å²) in [7, 11) is -3.85. The van der Waals surface area contributed by atoms with Crippen LogP contribution < -0.4 is 15.8 Å². The van der Waals surface area contributed by atoms with Crippen LogP contribution in [0.4, 0.5) is 10.1 Å². The van der Waals surface area contributed by atoms with Crippen molar-refractivity contribution in [3.8, 4) is 0 Å². The maximum Gasteiger partial charge on any atom is 0.326 e. The Morgan fingerprint density at radius 1 is 1.14 bits per heavy atom. The van der Waals surface area contributed by atoms with Crippen molar-refractivity contribution in [2.75, 3.05) is 11.9 Å². The number of hydrogen-bond donors (Lipinski definition) is 3. The lowest BCUT2D eigenvalue weighted by Crippen LogP contribution is -2.35. The second-order valence-corrected chi connectivity index (χ2v) is 7.45. The second-order valence-electron chi connectivity index (χ2n) is 5.88. The number of benzene rings is 2. The lowest BCUT2D eigenvalue weighted by molar-refractivity contribution is -0.152. The number of sulfonamides is 1. The lowest BCUT2D eigenvalue weighted by atomic mass is 10.2. The summed E-state index contributed by atoms with van der Waals surface area (Å²) in [6.07, 6.45) is -1.19. The van der Waals surface area contributed by atoms with E-state index in [0.717, 1.165) is 6.07 Å². The van der Waals surface area contributed by atoms with Crippen molar-refractivity contribution in [2.45, 2.75) is 17.9 Å². The molecule has 4 N–H and O–H groups in total. The van der Waals surface area contributed by atoms with Crippen molar-refractivity contribution in [1.29, 1.82) is 0 Å². The number of nitrogens with two attached hydrogens (primary N) is 1. The Labute approximate surface area is 166 Å².